The van der Waals surface area contributed by atoms with E-state index in [1.54, 1.807) is 21.0 Å². The summed E-state index contributed by atoms with van der Waals surface area (Å²) in [5, 5.41) is 15.2. The lowest BCUT2D eigenvalue weighted by atomic mass is 9.77. The molecule has 0 bridgehead atoms. The molecule has 236 valence electrons. The first-order chi connectivity index (χ1) is 22.2. The van der Waals surface area contributed by atoms with Gasteiger partial charge < -0.3 is 24.6 Å². The van der Waals surface area contributed by atoms with Crippen LogP contribution in [-0.2, 0) is 10.3 Å². The smallest absolute Gasteiger partial charge is 0.247 e. The van der Waals surface area contributed by atoms with E-state index >= 15 is 4.39 Å². The second-order valence-corrected chi connectivity index (χ2v) is 11.2. The Balaban J connectivity index is 1.59. The highest BCUT2D eigenvalue weighted by atomic mass is 19.2. The third-order valence-electron chi connectivity index (χ3n) is 8.86. The number of aliphatic hydroxyl groups is 1. The van der Waals surface area contributed by atoms with E-state index in [-0.39, 0.29) is 23.9 Å². The lowest BCUT2D eigenvalue weighted by Gasteiger charge is -2.37. The third kappa shape index (κ3) is 4.92. The lowest BCUT2D eigenvalue weighted by Crippen LogP contribution is -2.41. The number of nitrogens with one attached hydrogen (secondary N) is 1. The predicted octanol–water partition coefficient (Wildman–Crippen LogP) is 6.24. The van der Waals surface area contributed by atoms with Gasteiger partial charge in [0.25, 0.3) is 0 Å². The Kier molecular flexibility index (Phi) is 8.15. The van der Waals surface area contributed by atoms with Gasteiger partial charge in [-0.15, -0.1) is 6.42 Å². The molecule has 1 unspecified atom stereocenters. The molecule has 3 heterocycles. The molecule has 5 aromatic rings. The molecule has 2 N–H and O–H groups in total. The Labute approximate surface area is 267 Å². The molecule has 4 atom stereocenters. The van der Waals surface area contributed by atoms with Crippen molar-refractivity contribution in [1.29, 1.82) is 0 Å². The Hall–Kier alpha value is -4.98. The van der Waals surface area contributed by atoms with Crippen LogP contribution < -0.4 is 14.8 Å². The highest BCUT2D eigenvalue weighted by molar-refractivity contribution is 5.78. The van der Waals surface area contributed by atoms with Gasteiger partial charge in [0, 0.05) is 6.42 Å². The molecule has 1 fully saturated rings. The number of hydrogen-bond acceptors (Lipinski definition) is 8. The number of benzene rings is 3. The number of hydrogen-bond donors (Lipinski definition) is 2. The molecule has 0 aliphatic carbocycles. The van der Waals surface area contributed by atoms with Gasteiger partial charge in [-0.3, -0.25) is 4.57 Å². The minimum Gasteiger partial charge on any atom is -0.497 e. The lowest BCUT2D eigenvalue weighted by molar-refractivity contribution is -0.173. The summed E-state index contributed by atoms with van der Waals surface area (Å²) in [6.45, 7) is 5.32. The minimum atomic E-state index is -2.16. The fraction of sp³-hybridized carbons (Fsp3) is 0.306. The average Bonchev–Trinajstić information content (AvgIpc) is 3.61. The monoisotopic (exact) mass is 621 g/mol. The number of aromatic nitrogens is 4. The number of terminal acetylenes is 1. The normalized spacial score (nSPS) is 22.8. The van der Waals surface area contributed by atoms with Crippen molar-refractivity contribution in [3.63, 3.8) is 0 Å². The number of ether oxygens (including phenoxy) is 3. The first-order valence-corrected chi connectivity index (χ1v) is 15.2. The quantitative estimate of drug-likeness (QED) is 0.140. The number of imidazole rings is 1. The van der Waals surface area contributed by atoms with Crippen LogP contribution in [0.2, 0.25) is 0 Å². The number of methoxy groups -OCH3 is 1. The van der Waals surface area contributed by atoms with E-state index in [1.807, 2.05) is 91.9 Å². The third-order valence-corrected chi connectivity index (χ3v) is 8.86. The molecular formula is C36H36FN5O4. The summed E-state index contributed by atoms with van der Waals surface area (Å²) in [7, 11) is 1.62. The second-order valence-electron chi connectivity index (χ2n) is 11.2. The zero-order valence-corrected chi connectivity index (χ0v) is 26.1. The molecule has 0 amide bonds. The molecule has 9 nitrogen and oxygen atoms in total. The topological polar surface area (TPSA) is 104 Å². The molecule has 10 heteroatoms. The highest BCUT2D eigenvalue weighted by Crippen LogP contribution is 2.51. The maximum atomic E-state index is 15.9. The van der Waals surface area contributed by atoms with E-state index in [2.05, 4.69) is 16.2 Å². The van der Waals surface area contributed by atoms with Crippen LogP contribution in [-0.4, -0.2) is 49.8 Å². The van der Waals surface area contributed by atoms with Crippen LogP contribution in [0.3, 0.4) is 0 Å². The Morgan fingerprint density at radius 1 is 1.00 bits per heavy atom. The van der Waals surface area contributed by atoms with Crippen molar-refractivity contribution in [1.82, 2.24) is 19.5 Å². The first-order valence-electron chi connectivity index (χ1n) is 15.2. The van der Waals surface area contributed by atoms with E-state index in [9.17, 15) is 5.11 Å². The number of rotatable bonds is 10. The van der Waals surface area contributed by atoms with Gasteiger partial charge in [0.05, 0.1) is 26.0 Å². The van der Waals surface area contributed by atoms with Crippen LogP contribution in [0.5, 0.6) is 11.6 Å². The molecule has 0 saturated carbocycles. The van der Waals surface area contributed by atoms with Crippen molar-refractivity contribution < 1.29 is 23.7 Å². The Morgan fingerprint density at radius 3 is 2.15 bits per heavy atom. The van der Waals surface area contributed by atoms with Crippen molar-refractivity contribution in [3.8, 4) is 24.0 Å². The van der Waals surface area contributed by atoms with Crippen molar-refractivity contribution >= 4 is 17.1 Å². The molecule has 2 aromatic heterocycles. The summed E-state index contributed by atoms with van der Waals surface area (Å²) < 4.78 is 34.6. The van der Waals surface area contributed by atoms with E-state index in [0.717, 1.165) is 16.7 Å². The highest BCUT2D eigenvalue weighted by Gasteiger charge is 2.62. The standard InChI is InChI=1S/C36H36FN5O4/c1-6-34(43)24(4)35(37,7-2)46-32(34)42-23-38-29-30(42)39-33(40-31(29)45-8-3)41-36(25-15-11-9-12-16-25,26-17-13-10-14-18-26)27-19-21-28(44-5)22-20-27/h1,9-24,32,43H,7-8H2,2-5H3,(H,39,40,41)/t24-,32?,34+,35+/m0/s1. The molecule has 6 rings (SSSR count). The zero-order chi connectivity index (χ0) is 32.5. The van der Waals surface area contributed by atoms with Gasteiger partial charge in [0.2, 0.25) is 17.7 Å². The molecule has 1 saturated heterocycles. The van der Waals surface area contributed by atoms with Crippen LogP contribution in [0.1, 0.15) is 50.1 Å². The number of nitrogens with zero attached hydrogens (tertiary/aromatic N) is 4. The maximum Gasteiger partial charge on any atom is 0.247 e. The largest absolute Gasteiger partial charge is 0.497 e. The van der Waals surface area contributed by atoms with Gasteiger partial charge in [-0.25, -0.2) is 9.37 Å². The van der Waals surface area contributed by atoms with Gasteiger partial charge in [-0.1, -0.05) is 92.6 Å². The summed E-state index contributed by atoms with van der Waals surface area (Å²) in [4.78, 5) is 14.2. The van der Waals surface area contributed by atoms with Crippen LogP contribution in [0.25, 0.3) is 11.2 Å². The van der Waals surface area contributed by atoms with Crippen LogP contribution in [0, 0.1) is 18.3 Å². The molecule has 46 heavy (non-hydrogen) atoms. The fourth-order valence-electron chi connectivity index (χ4n) is 6.23. The van der Waals surface area contributed by atoms with Gasteiger partial charge >= 0.3 is 0 Å². The van der Waals surface area contributed by atoms with Crippen molar-refractivity contribution in [2.24, 2.45) is 5.92 Å². The zero-order valence-electron chi connectivity index (χ0n) is 26.1. The fourth-order valence-corrected chi connectivity index (χ4v) is 6.23. The number of anilines is 1. The van der Waals surface area contributed by atoms with E-state index in [4.69, 9.17) is 30.6 Å². The number of alkyl halides is 1. The van der Waals surface area contributed by atoms with Gasteiger partial charge in [-0.2, -0.15) is 9.97 Å². The van der Waals surface area contributed by atoms with Crippen LogP contribution in [0.15, 0.2) is 91.3 Å². The molecule has 1 aliphatic rings. The molecular weight excluding hydrogens is 585 g/mol. The SMILES string of the molecule is C#C[C@]1(O)C(n2cnc3c(OCC)nc(NC(c4ccccc4)(c4ccccc4)c4ccc(OC)cc4)nc32)O[C@](F)(CC)[C@H]1C. The van der Waals surface area contributed by atoms with Gasteiger partial charge in [-0.05, 0) is 35.7 Å². The van der Waals surface area contributed by atoms with Gasteiger partial charge in [0.15, 0.2) is 23.0 Å². The Morgan fingerprint density at radius 2 is 1.61 bits per heavy atom. The van der Waals surface area contributed by atoms with Crippen molar-refractivity contribution in [2.45, 2.75) is 50.4 Å². The average molecular weight is 622 g/mol. The van der Waals surface area contributed by atoms with Crippen LogP contribution >= 0.6 is 0 Å². The molecule has 3 aromatic carbocycles. The maximum absolute atomic E-state index is 15.9. The van der Waals surface area contributed by atoms with E-state index in [1.165, 1.54) is 10.9 Å². The predicted molar refractivity (Wildman–Crippen MR) is 173 cm³/mol. The van der Waals surface area contributed by atoms with Crippen molar-refractivity contribution in [2.75, 3.05) is 19.0 Å². The number of halogens is 1. The first kappa shape index (κ1) is 31.0. The summed E-state index contributed by atoms with van der Waals surface area (Å²) in [6, 6.07) is 27.7. The molecule has 0 radical (unpaired) electrons. The molecule has 1 aliphatic heterocycles. The summed E-state index contributed by atoms with van der Waals surface area (Å²) in [6.07, 6.45) is 5.92. The summed E-state index contributed by atoms with van der Waals surface area (Å²) in [5.74, 6) is 0.309. The van der Waals surface area contributed by atoms with Crippen molar-refractivity contribution in [3.05, 3.63) is 108 Å². The van der Waals surface area contributed by atoms with E-state index < -0.39 is 29.1 Å². The minimum absolute atomic E-state index is 0.00813. The van der Waals surface area contributed by atoms with Crippen LogP contribution in [0.4, 0.5) is 10.3 Å². The summed E-state index contributed by atoms with van der Waals surface area (Å²) in [5.41, 5.74) is 0.306. The Bertz CT molecular complexity index is 1820. The molecule has 0 spiro atoms. The van der Waals surface area contributed by atoms with Gasteiger partial charge in [0.1, 0.15) is 11.3 Å². The van der Waals surface area contributed by atoms with E-state index in [0.29, 0.717) is 17.9 Å². The summed E-state index contributed by atoms with van der Waals surface area (Å²) >= 11 is 0. The second kappa shape index (κ2) is 12.1. The number of fused-ring (bicyclic) bond motifs is 1.